The summed E-state index contributed by atoms with van der Waals surface area (Å²) in [5.41, 5.74) is 1.20. The van der Waals surface area contributed by atoms with Crippen LogP contribution in [0.4, 0.5) is 0 Å². The summed E-state index contributed by atoms with van der Waals surface area (Å²) >= 11 is 0. The summed E-state index contributed by atoms with van der Waals surface area (Å²) in [6.45, 7) is 1.70. The lowest BCUT2D eigenvalue weighted by molar-refractivity contribution is -0.133. The van der Waals surface area contributed by atoms with Gasteiger partial charge in [-0.3, -0.25) is 14.2 Å². The number of amides is 1. The topological polar surface area (TPSA) is 56.0 Å². The fraction of sp³-hybridized carbons (Fsp3) is 0.562. The van der Waals surface area contributed by atoms with E-state index >= 15 is 0 Å². The Hall–Kier alpha value is -2.11. The van der Waals surface area contributed by atoms with Crippen molar-refractivity contribution < 1.29 is 4.79 Å². The minimum atomic E-state index is 0.155. The Morgan fingerprint density at radius 1 is 1.41 bits per heavy atom. The highest BCUT2D eigenvalue weighted by Gasteiger charge is 2.48. The molecule has 0 aromatic carbocycles. The van der Waals surface area contributed by atoms with Crippen LogP contribution in [-0.4, -0.2) is 43.0 Å². The maximum Gasteiger partial charge on any atom is 0.226 e. The van der Waals surface area contributed by atoms with E-state index in [4.69, 9.17) is 0 Å². The maximum absolute atomic E-state index is 12.8. The molecule has 1 aliphatic carbocycles. The Balaban J connectivity index is 1.42. The lowest BCUT2D eigenvalue weighted by atomic mass is 10.1. The molecular formula is C16H21N5O. The van der Waals surface area contributed by atoms with Crippen molar-refractivity contribution in [1.29, 1.82) is 0 Å². The van der Waals surface area contributed by atoms with Crippen molar-refractivity contribution in [3.05, 3.63) is 36.4 Å². The van der Waals surface area contributed by atoms with Gasteiger partial charge in [-0.2, -0.15) is 10.2 Å². The Bertz CT molecular complexity index is 662. The monoisotopic (exact) mass is 299 g/mol. The summed E-state index contributed by atoms with van der Waals surface area (Å²) < 4.78 is 3.74. The van der Waals surface area contributed by atoms with Crippen LogP contribution in [0.1, 0.15) is 30.7 Å². The van der Waals surface area contributed by atoms with Crippen LogP contribution in [0, 0.1) is 5.92 Å². The molecule has 1 saturated heterocycles. The van der Waals surface area contributed by atoms with Crippen molar-refractivity contribution in [3.63, 3.8) is 0 Å². The molecule has 0 unspecified atom stereocenters. The quantitative estimate of drug-likeness (QED) is 0.858. The van der Waals surface area contributed by atoms with Gasteiger partial charge in [0.1, 0.15) is 0 Å². The second-order valence-corrected chi connectivity index (χ2v) is 6.45. The summed E-state index contributed by atoms with van der Waals surface area (Å²) in [7, 11) is 1.92. The highest BCUT2D eigenvalue weighted by atomic mass is 16.2. The van der Waals surface area contributed by atoms with Crippen molar-refractivity contribution in [2.75, 3.05) is 6.54 Å². The normalized spacial score (nSPS) is 27.3. The van der Waals surface area contributed by atoms with Crippen molar-refractivity contribution in [2.24, 2.45) is 13.0 Å². The molecule has 2 aromatic rings. The van der Waals surface area contributed by atoms with Crippen LogP contribution in [0.5, 0.6) is 0 Å². The number of carbonyl (C=O) groups is 1. The van der Waals surface area contributed by atoms with E-state index in [0.29, 0.717) is 17.9 Å². The van der Waals surface area contributed by atoms with Gasteiger partial charge in [0.15, 0.2) is 0 Å². The van der Waals surface area contributed by atoms with Crippen LogP contribution in [0.25, 0.3) is 0 Å². The van der Waals surface area contributed by atoms with E-state index in [1.165, 1.54) is 5.56 Å². The van der Waals surface area contributed by atoms with Crippen LogP contribution in [0.2, 0.25) is 0 Å². The van der Waals surface area contributed by atoms with Crippen LogP contribution in [0.15, 0.2) is 30.9 Å². The predicted molar refractivity (Wildman–Crippen MR) is 81.0 cm³/mol. The summed E-state index contributed by atoms with van der Waals surface area (Å²) in [4.78, 5) is 14.9. The van der Waals surface area contributed by atoms with Crippen molar-refractivity contribution in [2.45, 2.75) is 37.8 Å². The molecular weight excluding hydrogens is 278 g/mol. The molecule has 0 bridgehead atoms. The first-order valence-corrected chi connectivity index (χ1v) is 7.99. The Labute approximate surface area is 129 Å². The van der Waals surface area contributed by atoms with Gasteiger partial charge in [0.05, 0.1) is 18.8 Å². The van der Waals surface area contributed by atoms with Gasteiger partial charge in [0.25, 0.3) is 0 Å². The molecule has 1 amide bonds. The summed E-state index contributed by atoms with van der Waals surface area (Å²) in [5, 5.41) is 8.48. The standard InChI is InChI=1S/C16H21N5O/c1-19-10-12(9-18-19)14-8-15(14)16(22)21-7-2-4-13(21)11-20-6-3-5-17-20/h3,5-6,9-10,13-15H,2,4,7-8,11H2,1H3/t13-,14-,15-/m0/s1. The van der Waals surface area contributed by atoms with Gasteiger partial charge in [0, 0.05) is 38.1 Å². The van der Waals surface area contributed by atoms with Crippen molar-refractivity contribution in [3.8, 4) is 0 Å². The third kappa shape index (κ3) is 2.42. The van der Waals surface area contributed by atoms with Crippen LogP contribution < -0.4 is 0 Å². The molecule has 2 aliphatic rings. The Morgan fingerprint density at radius 2 is 2.32 bits per heavy atom. The third-order valence-electron chi connectivity index (χ3n) is 4.88. The first-order chi connectivity index (χ1) is 10.7. The van der Waals surface area contributed by atoms with E-state index in [1.54, 1.807) is 6.20 Å². The molecule has 116 valence electrons. The number of aromatic nitrogens is 4. The molecule has 2 aromatic heterocycles. The van der Waals surface area contributed by atoms with E-state index < -0.39 is 0 Å². The second kappa shape index (κ2) is 5.26. The highest BCUT2D eigenvalue weighted by Crippen LogP contribution is 2.49. The van der Waals surface area contributed by atoms with Gasteiger partial charge in [-0.05, 0) is 36.8 Å². The van der Waals surface area contributed by atoms with Crippen molar-refractivity contribution in [1.82, 2.24) is 24.5 Å². The summed E-state index contributed by atoms with van der Waals surface area (Å²) in [6.07, 6.45) is 10.8. The number of aryl methyl sites for hydroxylation is 1. The number of carbonyl (C=O) groups excluding carboxylic acids is 1. The van der Waals surface area contributed by atoms with Gasteiger partial charge >= 0.3 is 0 Å². The van der Waals surface area contributed by atoms with E-state index in [-0.39, 0.29) is 5.92 Å². The largest absolute Gasteiger partial charge is 0.338 e. The van der Waals surface area contributed by atoms with Gasteiger partial charge < -0.3 is 4.90 Å². The SMILES string of the molecule is Cn1cc([C@@H]2C[C@@H]2C(=O)N2CCC[C@H]2Cn2cccn2)cn1. The minimum Gasteiger partial charge on any atom is -0.338 e. The number of likely N-dealkylation sites (tertiary alicyclic amines) is 1. The van der Waals surface area contributed by atoms with E-state index in [2.05, 4.69) is 15.1 Å². The fourth-order valence-electron chi connectivity index (χ4n) is 3.62. The molecule has 0 N–H and O–H groups in total. The molecule has 0 radical (unpaired) electrons. The van der Waals surface area contributed by atoms with Gasteiger partial charge in [0.2, 0.25) is 5.91 Å². The zero-order valence-corrected chi connectivity index (χ0v) is 12.8. The molecule has 6 heteroatoms. The smallest absolute Gasteiger partial charge is 0.226 e. The molecule has 6 nitrogen and oxygen atoms in total. The zero-order chi connectivity index (χ0) is 15.1. The predicted octanol–water partition coefficient (Wildman–Crippen LogP) is 1.41. The van der Waals surface area contributed by atoms with Gasteiger partial charge in [-0.25, -0.2) is 0 Å². The molecule has 1 saturated carbocycles. The summed E-state index contributed by atoms with van der Waals surface area (Å²) in [5.74, 6) is 0.845. The lowest BCUT2D eigenvalue weighted by Crippen LogP contribution is -2.39. The van der Waals surface area contributed by atoms with Crippen LogP contribution >= 0.6 is 0 Å². The lowest BCUT2D eigenvalue weighted by Gasteiger charge is -2.25. The minimum absolute atomic E-state index is 0.155. The Morgan fingerprint density at radius 3 is 3.05 bits per heavy atom. The Kier molecular flexibility index (Phi) is 3.24. The van der Waals surface area contributed by atoms with Gasteiger partial charge in [-0.1, -0.05) is 0 Å². The first kappa shape index (κ1) is 13.5. The number of rotatable bonds is 4. The first-order valence-electron chi connectivity index (χ1n) is 7.99. The number of hydrogen-bond donors (Lipinski definition) is 0. The fourth-order valence-corrected chi connectivity index (χ4v) is 3.62. The molecule has 4 rings (SSSR count). The third-order valence-corrected chi connectivity index (χ3v) is 4.88. The number of hydrogen-bond acceptors (Lipinski definition) is 3. The van der Waals surface area contributed by atoms with E-state index in [1.807, 2.05) is 41.1 Å². The number of nitrogens with zero attached hydrogens (tertiary/aromatic N) is 5. The molecule has 1 aliphatic heterocycles. The maximum atomic E-state index is 12.8. The van der Waals surface area contributed by atoms with Crippen molar-refractivity contribution >= 4 is 5.91 Å². The molecule has 2 fully saturated rings. The average molecular weight is 299 g/mol. The molecule has 0 spiro atoms. The van der Waals surface area contributed by atoms with Gasteiger partial charge in [-0.15, -0.1) is 0 Å². The van der Waals surface area contributed by atoms with E-state index in [9.17, 15) is 4.79 Å². The zero-order valence-electron chi connectivity index (χ0n) is 12.8. The second-order valence-electron chi connectivity index (χ2n) is 6.45. The molecule has 22 heavy (non-hydrogen) atoms. The summed E-state index contributed by atoms with van der Waals surface area (Å²) in [6, 6.07) is 2.23. The highest BCUT2D eigenvalue weighted by molar-refractivity contribution is 5.83. The van der Waals surface area contributed by atoms with Crippen LogP contribution in [0.3, 0.4) is 0 Å². The molecule has 3 heterocycles. The average Bonchev–Trinajstić information content (AvgIpc) is 2.91. The van der Waals surface area contributed by atoms with Crippen LogP contribution in [-0.2, 0) is 18.4 Å². The van der Waals surface area contributed by atoms with E-state index in [0.717, 1.165) is 32.4 Å². The molecule has 3 atom stereocenters.